The fourth-order valence-electron chi connectivity index (χ4n) is 10.1. The van der Waals surface area contributed by atoms with E-state index in [1.807, 2.05) is 0 Å². The smallest absolute Gasteiger partial charge is 0.306 e. The summed E-state index contributed by atoms with van der Waals surface area (Å²) in [4.78, 5) is 38.2. The quantitative estimate of drug-likeness (QED) is 0.0261. The van der Waals surface area contributed by atoms with Gasteiger partial charge in [0.05, 0.1) is 0 Å². The van der Waals surface area contributed by atoms with Crippen LogP contribution in [0.3, 0.4) is 0 Å². The number of carbonyl (C=O) groups excluding carboxylic acids is 3. The topological polar surface area (TPSA) is 78.9 Å². The zero-order chi connectivity index (χ0) is 54.3. The summed E-state index contributed by atoms with van der Waals surface area (Å²) in [6.45, 7) is 6.68. The Labute approximate surface area is 467 Å². The highest BCUT2D eigenvalue weighted by Crippen LogP contribution is 2.18. The SMILES string of the molecule is CCCCCCC/C=C\C/C=C\C/C=C\CCCCCCCCCCCCCCCCCCC(=O)OCC(COC(=O)CCCCCCCCCCCC)OC(=O)CCCCCCCCCCCCCCCCCC. The van der Waals surface area contributed by atoms with E-state index in [2.05, 4.69) is 57.2 Å². The van der Waals surface area contributed by atoms with Crippen molar-refractivity contribution in [2.75, 3.05) is 13.2 Å². The molecule has 75 heavy (non-hydrogen) atoms. The van der Waals surface area contributed by atoms with E-state index in [0.29, 0.717) is 19.3 Å². The van der Waals surface area contributed by atoms with E-state index in [0.717, 1.165) is 70.6 Å². The minimum atomic E-state index is -0.766. The third kappa shape index (κ3) is 62.4. The van der Waals surface area contributed by atoms with Gasteiger partial charge in [0.2, 0.25) is 0 Å². The maximum Gasteiger partial charge on any atom is 0.306 e. The number of hydrogen-bond acceptors (Lipinski definition) is 6. The molecule has 0 heterocycles. The van der Waals surface area contributed by atoms with Crippen molar-refractivity contribution in [1.82, 2.24) is 0 Å². The van der Waals surface area contributed by atoms with Crippen LogP contribution in [0.4, 0.5) is 0 Å². The van der Waals surface area contributed by atoms with Crippen LogP contribution in [0.25, 0.3) is 0 Å². The van der Waals surface area contributed by atoms with Crippen LogP contribution in [0.2, 0.25) is 0 Å². The summed E-state index contributed by atoms with van der Waals surface area (Å²) >= 11 is 0. The second-order valence-electron chi connectivity index (χ2n) is 22.7. The van der Waals surface area contributed by atoms with Crippen LogP contribution in [-0.2, 0) is 28.6 Å². The minimum absolute atomic E-state index is 0.0654. The molecule has 6 nitrogen and oxygen atoms in total. The summed E-state index contributed by atoms with van der Waals surface area (Å²) in [6.07, 6.45) is 78.9. The molecule has 6 heteroatoms. The predicted octanol–water partition coefficient (Wildman–Crippen LogP) is 22.8. The lowest BCUT2D eigenvalue weighted by Gasteiger charge is -2.18. The van der Waals surface area contributed by atoms with Crippen molar-refractivity contribution in [1.29, 1.82) is 0 Å². The Balaban J connectivity index is 4.09. The van der Waals surface area contributed by atoms with Crippen LogP contribution in [-0.4, -0.2) is 37.2 Å². The molecule has 0 aromatic rings. The molecule has 0 radical (unpaired) electrons. The summed E-state index contributed by atoms with van der Waals surface area (Å²) in [5.74, 6) is -0.841. The van der Waals surface area contributed by atoms with Crippen molar-refractivity contribution in [3.05, 3.63) is 36.5 Å². The molecule has 0 amide bonds. The van der Waals surface area contributed by atoms with E-state index in [4.69, 9.17) is 14.2 Å². The Morgan fingerprint density at radius 2 is 0.480 bits per heavy atom. The van der Waals surface area contributed by atoms with Gasteiger partial charge in [-0.2, -0.15) is 0 Å². The fourth-order valence-corrected chi connectivity index (χ4v) is 10.1. The molecule has 0 aliphatic rings. The molecule has 0 bridgehead atoms. The van der Waals surface area contributed by atoms with Crippen LogP contribution in [0.1, 0.15) is 367 Å². The van der Waals surface area contributed by atoms with Gasteiger partial charge in [0, 0.05) is 19.3 Å². The lowest BCUT2D eigenvalue weighted by Crippen LogP contribution is -2.30. The predicted molar refractivity (Wildman–Crippen MR) is 326 cm³/mol. The standard InChI is InChI=1S/C69H128O6/c1-4-7-10-13-16-19-22-24-26-28-29-30-31-32-33-34-35-36-37-38-39-40-41-42-44-45-47-50-53-56-59-62-68(71)74-65-66(64-73-67(70)61-58-55-52-49-21-18-15-12-9-6-3)75-69(72)63-60-57-54-51-48-46-43-27-25-23-20-17-14-11-8-5-2/h22,24,28-29,31-32,66H,4-21,23,25-27,30,33-65H2,1-3H3/b24-22-,29-28-,32-31-. The third-order valence-corrected chi connectivity index (χ3v) is 15.1. The molecule has 0 saturated heterocycles. The number of carbonyl (C=O) groups is 3. The normalized spacial score (nSPS) is 12.2. The molecule has 440 valence electrons. The molecule has 0 rings (SSSR count). The van der Waals surface area contributed by atoms with Crippen molar-refractivity contribution >= 4 is 17.9 Å². The number of unbranched alkanes of at least 4 members (excludes halogenated alkanes) is 45. The Kier molecular flexibility index (Phi) is 62.1. The van der Waals surface area contributed by atoms with Gasteiger partial charge < -0.3 is 14.2 Å². The van der Waals surface area contributed by atoms with Crippen LogP contribution >= 0.6 is 0 Å². The molecule has 0 N–H and O–H groups in total. The van der Waals surface area contributed by atoms with Crippen LogP contribution in [0.5, 0.6) is 0 Å². The number of rotatable bonds is 62. The molecule has 0 aliphatic carbocycles. The second-order valence-corrected chi connectivity index (χ2v) is 22.7. The van der Waals surface area contributed by atoms with E-state index in [1.54, 1.807) is 0 Å². The zero-order valence-corrected chi connectivity index (χ0v) is 50.6. The average molecular weight is 1050 g/mol. The maximum absolute atomic E-state index is 12.9. The van der Waals surface area contributed by atoms with Gasteiger partial charge in [0.1, 0.15) is 13.2 Å². The summed E-state index contributed by atoms with van der Waals surface area (Å²) < 4.78 is 16.9. The first-order valence-electron chi connectivity index (χ1n) is 33.5. The first-order chi connectivity index (χ1) is 37.0. The average Bonchev–Trinajstić information content (AvgIpc) is 3.41. The van der Waals surface area contributed by atoms with E-state index < -0.39 is 6.10 Å². The summed E-state index contributed by atoms with van der Waals surface area (Å²) in [5.41, 5.74) is 0. The number of allylic oxidation sites excluding steroid dienone is 6. The van der Waals surface area contributed by atoms with E-state index in [1.165, 1.54) is 257 Å². The lowest BCUT2D eigenvalue weighted by molar-refractivity contribution is -0.167. The van der Waals surface area contributed by atoms with Gasteiger partial charge >= 0.3 is 17.9 Å². The zero-order valence-electron chi connectivity index (χ0n) is 50.6. The van der Waals surface area contributed by atoms with Gasteiger partial charge in [-0.1, -0.05) is 327 Å². The lowest BCUT2D eigenvalue weighted by atomic mass is 10.0. The molecule has 1 atom stereocenters. The molecule has 0 aromatic heterocycles. The highest BCUT2D eigenvalue weighted by atomic mass is 16.6. The molecule has 0 aromatic carbocycles. The van der Waals surface area contributed by atoms with E-state index in [9.17, 15) is 14.4 Å². The highest BCUT2D eigenvalue weighted by Gasteiger charge is 2.19. The number of hydrogen-bond donors (Lipinski definition) is 0. The molecular formula is C69H128O6. The summed E-state index contributed by atoms with van der Waals surface area (Å²) in [6, 6.07) is 0. The maximum atomic E-state index is 12.9. The molecule has 0 spiro atoms. The molecule has 0 saturated carbocycles. The van der Waals surface area contributed by atoms with Gasteiger partial charge in [-0.05, 0) is 57.8 Å². The Morgan fingerprint density at radius 1 is 0.267 bits per heavy atom. The molecule has 0 fully saturated rings. The van der Waals surface area contributed by atoms with Gasteiger partial charge in [-0.3, -0.25) is 14.4 Å². The van der Waals surface area contributed by atoms with Crippen LogP contribution in [0.15, 0.2) is 36.5 Å². The van der Waals surface area contributed by atoms with Gasteiger partial charge in [-0.25, -0.2) is 0 Å². The first kappa shape index (κ1) is 72.6. The van der Waals surface area contributed by atoms with E-state index >= 15 is 0 Å². The fraction of sp³-hybridized carbons (Fsp3) is 0.870. The van der Waals surface area contributed by atoms with Crippen molar-refractivity contribution in [3.63, 3.8) is 0 Å². The Morgan fingerprint density at radius 3 is 0.747 bits per heavy atom. The van der Waals surface area contributed by atoms with Gasteiger partial charge in [-0.15, -0.1) is 0 Å². The largest absolute Gasteiger partial charge is 0.462 e. The highest BCUT2D eigenvalue weighted by molar-refractivity contribution is 5.71. The van der Waals surface area contributed by atoms with Gasteiger partial charge in [0.25, 0.3) is 0 Å². The Hall–Kier alpha value is -2.37. The molecule has 0 aliphatic heterocycles. The summed E-state index contributed by atoms with van der Waals surface area (Å²) in [5, 5.41) is 0. The Bertz CT molecular complexity index is 1250. The molecular weight excluding hydrogens is 925 g/mol. The van der Waals surface area contributed by atoms with Crippen LogP contribution in [0, 0.1) is 0 Å². The minimum Gasteiger partial charge on any atom is -0.462 e. The van der Waals surface area contributed by atoms with Crippen molar-refractivity contribution in [3.8, 4) is 0 Å². The van der Waals surface area contributed by atoms with Crippen molar-refractivity contribution in [2.45, 2.75) is 374 Å². The van der Waals surface area contributed by atoms with E-state index in [-0.39, 0.29) is 31.1 Å². The summed E-state index contributed by atoms with van der Waals surface area (Å²) in [7, 11) is 0. The van der Waals surface area contributed by atoms with Crippen molar-refractivity contribution in [2.24, 2.45) is 0 Å². The van der Waals surface area contributed by atoms with Crippen molar-refractivity contribution < 1.29 is 28.6 Å². The number of esters is 3. The van der Waals surface area contributed by atoms with Gasteiger partial charge in [0.15, 0.2) is 6.10 Å². The number of ether oxygens (including phenoxy) is 3. The molecule has 1 unspecified atom stereocenters. The van der Waals surface area contributed by atoms with Crippen LogP contribution < -0.4 is 0 Å². The second kappa shape index (κ2) is 64.2. The first-order valence-corrected chi connectivity index (χ1v) is 33.5. The third-order valence-electron chi connectivity index (χ3n) is 15.1. The monoisotopic (exact) mass is 1050 g/mol.